The lowest BCUT2D eigenvalue weighted by Crippen LogP contribution is -2.44. The Bertz CT molecular complexity index is 665. The van der Waals surface area contributed by atoms with E-state index in [1.807, 2.05) is 6.07 Å². The van der Waals surface area contributed by atoms with E-state index in [0.29, 0.717) is 19.1 Å². The third kappa shape index (κ3) is 3.77. The molecule has 1 aromatic carbocycles. The average molecular weight is 345 g/mol. The van der Waals surface area contributed by atoms with Gasteiger partial charge in [-0.25, -0.2) is 9.18 Å². The first-order chi connectivity index (χ1) is 12.0. The van der Waals surface area contributed by atoms with Gasteiger partial charge >= 0.3 is 6.09 Å². The predicted molar refractivity (Wildman–Crippen MR) is 91.7 cm³/mol. The zero-order valence-electron chi connectivity index (χ0n) is 14.3. The molecule has 2 aliphatic rings. The van der Waals surface area contributed by atoms with E-state index in [0.717, 1.165) is 50.8 Å². The number of nitrogens with zero attached hydrogens (tertiary/aromatic N) is 3. The zero-order valence-corrected chi connectivity index (χ0v) is 14.3. The van der Waals surface area contributed by atoms with E-state index in [-0.39, 0.29) is 5.82 Å². The Hall–Kier alpha value is -2.13. The summed E-state index contributed by atoms with van der Waals surface area (Å²) in [6.45, 7) is 2.77. The first-order valence-electron chi connectivity index (χ1n) is 8.93. The molecule has 0 atom stereocenters. The summed E-state index contributed by atoms with van der Waals surface area (Å²) in [6.07, 6.45) is 3.21. The molecule has 134 valence electrons. The van der Waals surface area contributed by atoms with Crippen molar-refractivity contribution >= 4 is 6.09 Å². The van der Waals surface area contributed by atoms with Gasteiger partial charge < -0.3 is 10.0 Å². The van der Waals surface area contributed by atoms with Gasteiger partial charge in [0, 0.05) is 32.2 Å². The smallest absolute Gasteiger partial charge is 0.407 e. The van der Waals surface area contributed by atoms with Crippen LogP contribution in [-0.4, -0.2) is 53.2 Å². The van der Waals surface area contributed by atoms with Crippen LogP contribution >= 0.6 is 0 Å². The second-order valence-corrected chi connectivity index (χ2v) is 7.09. The van der Waals surface area contributed by atoms with Gasteiger partial charge in [-0.15, -0.1) is 0 Å². The van der Waals surface area contributed by atoms with Crippen LogP contribution in [0.25, 0.3) is 0 Å². The maximum atomic E-state index is 13.6. The summed E-state index contributed by atoms with van der Waals surface area (Å²) in [4.78, 5) is 15.0. The second-order valence-electron chi connectivity index (χ2n) is 7.09. The number of rotatable bonds is 2. The Labute approximate surface area is 147 Å². The lowest BCUT2D eigenvalue weighted by atomic mass is 9.69. The van der Waals surface area contributed by atoms with Crippen molar-refractivity contribution in [2.75, 3.05) is 26.2 Å². The highest BCUT2D eigenvalue weighted by Crippen LogP contribution is 2.40. The predicted octanol–water partition coefficient (Wildman–Crippen LogP) is 3.22. The monoisotopic (exact) mass is 345 g/mol. The van der Waals surface area contributed by atoms with E-state index in [4.69, 9.17) is 5.11 Å². The van der Waals surface area contributed by atoms with Crippen LogP contribution in [0.1, 0.15) is 37.7 Å². The van der Waals surface area contributed by atoms with E-state index in [9.17, 15) is 14.4 Å². The fraction of sp³-hybridized carbons (Fsp3) is 0.579. The number of hydrogen-bond acceptors (Lipinski definition) is 3. The van der Waals surface area contributed by atoms with Gasteiger partial charge in [0.2, 0.25) is 0 Å². The summed E-state index contributed by atoms with van der Waals surface area (Å²) in [6, 6.07) is 9.24. The lowest BCUT2D eigenvalue weighted by Gasteiger charge is -2.40. The molecule has 1 saturated carbocycles. The standard InChI is InChI=1S/C19H24FN3O2/c20-16-4-1-3-15(13-16)19(14-21)7-5-17(6-8-19)22-9-2-10-23(12-11-22)18(24)25/h1,3-4,13,17H,2,5-12H2,(H,24,25). The quantitative estimate of drug-likeness (QED) is 0.894. The molecule has 1 amide bonds. The first kappa shape index (κ1) is 17.7. The molecule has 1 saturated heterocycles. The molecule has 0 bridgehead atoms. The molecule has 2 fully saturated rings. The molecule has 5 nitrogen and oxygen atoms in total. The van der Waals surface area contributed by atoms with Crippen molar-refractivity contribution in [3.63, 3.8) is 0 Å². The summed E-state index contributed by atoms with van der Waals surface area (Å²) in [5.74, 6) is -0.296. The molecule has 1 heterocycles. The number of benzene rings is 1. The maximum absolute atomic E-state index is 13.6. The van der Waals surface area contributed by atoms with E-state index in [1.54, 1.807) is 6.07 Å². The Morgan fingerprint density at radius 1 is 1.24 bits per heavy atom. The van der Waals surface area contributed by atoms with E-state index < -0.39 is 11.5 Å². The summed E-state index contributed by atoms with van der Waals surface area (Å²) in [5, 5.41) is 18.9. The van der Waals surface area contributed by atoms with Gasteiger partial charge in [0.1, 0.15) is 5.82 Å². The number of nitriles is 1. The molecule has 3 rings (SSSR count). The minimum atomic E-state index is -0.847. The van der Waals surface area contributed by atoms with Gasteiger partial charge in [0.15, 0.2) is 0 Å². The van der Waals surface area contributed by atoms with Gasteiger partial charge in [0.05, 0.1) is 11.5 Å². The molecular weight excluding hydrogens is 321 g/mol. The normalized spacial score (nSPS) is 28.2. The molecule has 0 aromatic heterocycles. The Kier molecular flexibility index (Phi) is 5.24. The highest BCUT2D eigenvalue weighted by Gasteiger charge is 2.39. The molecule has 0 spiro atoms. The fourth-order valence-electron chi connectivity index (χ4n) is 4.21. The average Bonchev–Trinajstić information content (AvgIpc) is 2.88. The third-order valence-corrected chi connectivity index (χ3v) is 5.72. The third-order valence-electron chi connectivity index (χ3n) is 5.72. The van der Waals surface area contributed by atoms with Crippen molar-refractivity contribution in [3.05, 3.63) is 35.6 Å². The van der Waals surface area contributed by atoms with Gasteiger partial charge in [0.25, 0.3) is 0 Å². The second kappa shape index (κ2) is 7.40. The molecule has 1 aromatic rings. The van der Waals surface area contributed by atoms with E-state index in [2.05, 4.69) is 11.0 Å². The molecule has 0 radical (unpaired) electrons. The molecule has 0 unspecified atom stereocenters. The molecular formula is C19H24FN3O2. The van der Waals surface area contributed by atoms with Gasteiger partial charge in [-0.2, -0.15) is 5.26 Å². The molecule has 1 N–H and O–H groups in total. The number of carbonyl (C=O) groups is 1. The number of amides is 1. The van der Waals surface area contributed by atoms with Crippen molar-refractivity contribution in [2.24, 2.45) is 0 Å². The molecule has 1 aliphatic carbocycles. The Balaban J connectivity index is 1.65. The molecule has 1 aliphatic heterocycles. The summed E-state index contributed by atoms with van der Waals surface area (Å²) in [7, 11) is 0. The highest BCUT2D eigenvalue weighted by atomic mass is 19.1. The maximum Gasteiger partial charge on any atom is 0.407 e. The van der Waals surface area contributed by atoms with Crippen LogP contribution in [0.4, 0.5) is 9.18 Å². The van der Waals surface area contributed by atoms with Crippen molar-refractivity contribution in [1.82, 2.24) is 9.80 Å². The summed E-state index contributed by atoms with van der Waals surface area (Å²) >= 11 is 0. The number of hydrogen-bond donors (Lipinski definition) is 1. The van der Waals surface area contributed by atoms with Crippen LogP contribution in [0, 0.1) is 17.1 Å². The van der Waals surface area contributed by atoms with Crippen LogP contribution in [-0.2, 0) is 5.41 Å². The van der Waals surface area contributed by atoms with Crippen molar-refractivity contribution in [2.45, 2.75) is 43.6 Å². The SMILES string of the molecule is N#CC1(c2cccc(F)c2)CCC(N2CCCN(C(=O)O)CC2)CC1. The van der Waals surface area contributed by atoms with E-state index in [1.165, 1.54) is 17.0 Å². The molecule has 25 heavy (non-hydrogen) atoms. The minimum Gasteiger partial charge on any atom is -0.465 e. The van der Waals surface area contributed by atoms with Gasteiger partial charge in [-0.3, -0.25) is 4.90 Å². The van der Waals surface area contributed by atoms with Crippen LogP contribution in [0.15, 0.2) is 24.3 Å². The van der Waals surface area contributed by atoms with Gasteiger partial charge in [-0.05, 0) is 49.8 Å². The summed E-state index contributed by atoms with van der Waals surface area (Å²) < 4.78 is 13.6. The van der Waals surface area contributed by atoms with Crippen molar-refractivity contribution < 1.29 is 14.3 Å². The Morgan fingerprint density at radius 3 is 2.64 bits per heavy atom. The van der Waals surface area contributed by atoms with Crippen molar-refractivity contribution in [3.8, 4) is 6.07 Å². The topological polar surface area (TPSA) is 67.6 Å². The molecule has 6 heteroatoms. The number of carboxylic acid groups (broad SMARTS) is 1. The van der Waals surface area contributed by atoms with E-state index >= 15 is 0 Å². The van der Waals surface area contributed by atoms with Crippen LogP contribution in [0.5, 0.6) is 0 Å². The van der Waals surface area contributed by atoms with Crippen LogP contribution < -0.4 is 0 Å². The fourth-order valence-corrected chi connectivity index (χ4v) is 4.21. The Morgan fingerprint density at radius 2 is 2.00 bits per heavy atom. The van der Waals surface area contributed by atoms with Crippen LogP contribution in [0.2, 0.25) is 0 Å². The van der Waals surface area contributed by atoms with Crippen LogP contribution in [0.3, 0.4) is 0 Å². The lowest BCUT2D eigenvalue weighted by molar-refractivity contribution is 0.130. The number of halogens is 1. The van der Waals surface area contributed by atoms with Crippen molar-refractivity contribution in [1.29, 1.82) is 5.26 Å². The minimum absolute atomic E-state index is 0.296. The van der Waals surface area contributed by atoms with Gasteiger partial charge in [-0.1, -0.05) is 12.1 Å². The highest BCUT2D eigenvalue weighted by molar-refractivity contribution is 5.64. The first-order valence-corrected chi connectivity index (χ1v) is 8.93. The largest absolute Gasteiger partial charge is 0.465 e. The zero-order chi connectivity index (χ0) is 17.9. The summed E-state index contributed by atoms with van der Waals surface area (Å²) in [5.41, 5.74) is 0.179.